The normalized spacial score (nSPS) is 14.4. The maximum Gasteiger partial charge on any atom is 0.255 e. The number of primary amides is 6. The third-order valence-electron chi connectivity index (χ3n) is 22.4. The van der Waals surface area contributed by atoms with E-state index in [1.54, 1.807) is 146 Å². The van der Waals surface area contributed by atoms with Gasteiger partial charge in [-0.25, -0.2) is 0 Å². The number of amides is 11. The van der Waals surface area contributed by atoms with E-state index in [4.69, 9.17) is 44.9 Å². The van der Waals surface area contributed by atoms with Crippen molar-refractivity contribution in [3.05, 3.63) is 353 Å². The van der Waals surface area contributed by atoms with Crippen molar-refractivity contribution in [3.8, 4) is 0 Å². The second-order valence-corrected chi connectivity index (χ2v) is 32.3. The number of carbonyl (C=O) groups is 16. The van der Waals surface area contributed by atoms with E-state index in [1.807, 2.05) is 137 Å². The zero-order valence-corrected chi connectivity index (χ0v) is 80.0. The molecular weight excluding hydrogens is 1870 g/mol. The largest absolute Gasteiger partial charge is 0.412 e. The summed E-state index contributed by atoms with van der Waals surface area (Å²) in [5.41, 5.74) is 51.0. The van der Waals surface area contributed by atoms with E-state index < -0.39 is 35.4 Å². The number of hydrogen-bond donors (Lipinski definition) is 19. The lowest BCUT2D eigenvalue weighted by Gasteiger charge is -2.34. The van der Waals surface area contributed by atoms with Crippen LogP contribution in [0.1, 0.15) is 165 Å². The lowest BCUT2D eigenvalue weighted by Crippen LogP contribution is -2.48. The molecule has 5 heterocycles. The molecule has 760 valence electrons. The van der Waals surface area contributed by atoms with Gasteiger partial charge in [0.15, 0.2) is 0 Å². The van der Waals surface area contributed by atoms with Gasteiger partial charge in [-0.3, -0.25) is 57.5 Å². The predicted octanol–water partition coefficient (Wildman–Crippen LogP) is 9.08. The monoisotopic (exact) mass is 1980 g/mol. The minimum Gasteiger partial charge on any atom is -0.412 e. The van der Waals surface area contributed by atoms with Gasteiger partial charge in [0, 0.05) is 166 Å². The molecule has 11 amide bonds. The summed E-state index contributed by atoms with van der Waals surface area (Å²) in [4.78, 5) is 186. The van der Waals surface area contributed by atoms with Gasteiger partial charge in [0.25, 0.3) is 65.0 Å². The van der Waals surface area contributed by atoms with E-state index in [2.05, 4.69) is 81.9 Å². The second-order valence-electron chi connectivity index (χ2n) is 32.3. The van der Waals surface area contributed by atoms with Crippen LogP contribution < -0.4 is 119 Å². The van der Waals surface area contributed by atoms with Crippen LogP contribution in [0.4, 0.5) is 62.6 Å². The molecule has 0 aromatic heterocycles. The molecule has 0 fully saturated rings. The Morgan fingerprint density at radius 1 is 0.288 bits per heavy atom. The molecule has 16 rings (SSSR count). The smallest absolute Gasteiger partial charge is 0.255 e. The van der Waals surface area contributed by atoms with Crippen molar-refractivity contribution in [2.24, 2.45) is 34.4 Å². The molecule has 0 bridgehead atoms. The van der Waals surface area contributed by atoms with E-state index in [-0.39, 0.29) is 65.8 Å². The molecule has 0 radical (unpaired) electrons. The lowest BCUT2D eigenvalue weighted by atomic mass is 10.1. The van der Waals surface area contributed by atoms with E-state index in [9.17, 15) is 71.9 Å². The number of nitrogens with one attached hydrogen (secondary N) is 12. The number of allylic oxidation sites excluding steroid dienone is 1. The fourth-order valence-electron chi connectivity index (χ4n) is 15.4. The van der Waals surface area contributed by atoms with Gasteiger partial charge in [-0.05, 0) is 146 Å². The maximum absolute atomic E-state index is 12.5. The third kappa shape index (κ3) is 33.7. The van der Waals surface area contributed by atoms with Crippen molar-refractivity contribution < 1.29 is 82.2 Å². The highest BCUT2D eigenvalue weighted by molar-refractivity contribution is 6.07. The first-order valence-corrected chi connectivity index (χ1v) is 46.2. The van der Waals surface area contributed by atoms with E-state index in [0.717, 1.165) is 59.3 Å². The van der Waals surface area contributed by atoms with Crippen LogP contribution in [0.15, 0.2) is 292 Å². The molecule has 0 saturated carbocycles. The molecule has 28 N–H and O–H groups in total. The quantitative estimate of drug-likeness (QED) is 0.00567. The standard InChI is InChI=1S/C27H28N6O3.C20H22N4O3.C17H18N4O2.C13H16N2O3.C10H12N2O2.C10H10N2O.C7H8N2O.C3H4O.H2O/c28-25(34)19-9-3-6-12-22(19)33(15-13-23-29-20-10-4-1-7-17(20)26(35)31-23)16-14-24-30-21-11-5-2-8-18(21)27(36)32-24;21-19(26)15-7-2-4-9-17(15)24(11-5-13-25)12-10-18-22-16-8-3-1-6-14(16)20(27)23-18;18-16(22)11-5-1-3-7-13(11)19-10-9-15-20-14-8-4-2-6-12(14)17(23)21-15;14-13(18)11-5-1-2-6-12(11)15(7-3-9-16)8-4-10-17;11-10(14)8-4-1-2-5-9(8)12-6-3-7-13;1-2-9-11-8-6-4-3-5-7(8)10(13)12-9;8-6-4-2-1-3-5(6)7(9)10;1-2-3-4;/h1-12,23-24,29-30H,13-16H2,(H2,28,34)(H,31,35)(H,32,36);1-4,6-9,13,18,22H,5,10-12H2,(H2,21,26)(H,23,27);1-8,15,19-20H,9-10H2,(H2,18,22)(H,21,23);1-2,5-6,9-10H,3-4,7-8H2,(H2,14,18);1-2,4-5,7,12H,3,6H2,(H2,11,14);2-6,9,11H,1H2,(H,12,13);1-4H,8H2,(H2,9,10);2-3H,1H2;1H2. The van der Waals surface area contributed by atoms with Crippen molar-refractivity contribution >= 4 is 159 Å². The number of rotatable bonds is 37. The second kappa shape index (κ2) is 58.9. The van der Waals surface area contributed by atoms with Crippen molar-refractivity contribution in [3.63, 3.8) is 0 Å². The van der Waals surface area contributed by atoms with Gasteiger partial charge in [0.1, 0.15) is 62.3 Å². The first-order chi connectivity index (χ1) is 70.1. The molecule has 5 unspecified atom stereocenters. The van der Waals surface area contributed by atoms with Gasteiger partial charge >= 0.3 is 0 Å². The summed E-state index contributed by atoms with van der Waals surface area (Å²) in [7, 11) is 0. The lowest BCUT2D eigenvalue weighted by molar-refractivity contribution is -0.108. The van der Waals surface area contributed by atoms with Gasteiger partial charge in [0.05, 0.1) is 61.2 Å². The minimum atomic E-state index is -0.521. The van der Waals surface area contributed by atoms with Crippen LogP contribution in [0, 0.1) is 0 Å². The highest BCUT2D eigenvalue weighted by Crippen LogP contribution is 2.31. The summed E-state index contributed by atoms with van der Waals surface area (Å²) in [6.45, 7) is 10.8. The summed E-state index contributed by atoms with van der Waals surface area (Å²) < 4.78 is 0. The average molecular weight is 1990 g/mol. The highest BCUT2D eigenvalue weighted by atomic mass is 16.2. The highest BCUT2D eigenvalue weighted by Gasteiger charge is 2.31. The molecule has 146 heavy (non-hydrogen) atoms. The summed E-state index contributed by atoms with van der Waals surface area (Å²) in [5.74, 6) is -3.47. The third-order valence-corrected chi connectivity index (χ3v) is 22.4. The number of nitrogen functional groups attached to an aromatic ring is 1. The van der Waals surface area contributed by atoms with Crippen LogP contribution in [-0.4, -0.2) is 185 Å². The molecule has 0 spiro atoms. The predicted molar refractivity (Wildman–Crippen MR) is 566 cm³/mol. The Bertz CT molecular complexity index is 6310. The van der Waals surface area contributed by atoms with E-state index >= 15 is 0 Å². The maximum atomic E-state index is 12.5. The van der Waals surface area contributed by atoms with Gasteiger partial charge in [0.2, 0.25) is 0 Å². The summed E-state index contributed by atoms with van der Waals surface area (Å²) >= 11 is 0. The number of carbonyl (C=O) groups excluding carboxylic acids is 16. The van der Waals surface area contributed by atoms with Crippen LogP contribution in [0.2, 0.25) is 0 Å². The molecule has 39 nitrogen and oxygen atoms in total. The minimum absolute atomic E-state index is 0. The summed E-state index contributed by atoms with van der Waals surface area (Å²) in [6, 6.07) is 78.8. The summed E-state index contributed by atoms with van der Waals surface area (Å²) in [6.07, 6.45) is 9.50. The Morgan fingerprint density at radius 3 is 0.829 bits per heavy atom. The van der Waals surface area contributed by atoms with Crippen molar-refractivity contribution in [1.29, 1.82) is 0 Å². The van der Waals surface area contributed by atoms with Gasteiger partial charge in [-0.15, -0.1) is 0 Å². The molecular formula is C107H120N22O17. The van der Waals surface area contributed by atoms with Gasteiger partial charge < -0.3 is 143 Å². The number of anilines is 11. The molecule has 5 aliphatic heterocycles. The number of para-hydroxylation sites is 11. The number of benzene rings is 11. The summed E-state index contributed by atoms with van der Waals surface area (Å²) in [5, 5.41) is 37.2. The zero-order valence-electron chi connectivity index (χ0n) is 80.0. The molecule has 5 aliphatic rings. The van der Waals surface area contributed by atoms with Crippen LogP contribution in [0.25, 0.3) is 0 Å². The first kappa shape index (κ1) is 112. The van der Waals surface area contributed by atoms with Crippen LogP contribution in [0.3, 0.4) is 0 Å². The Morgan fingerprint density at radius 2 is 0.534 bits per heavy atom. The van der Waals surface area contributed by atoms with E-state index in [0.29, 0.717) is 200 Å². The Balaban J connectivity index is 0.000000214. The fraction of sp³-hybridized carbons (Fsp3) is 0.196. The number of fused-ring (bicyclic) bond motifs is 5. The number of nitrogens with two attached hydrogens (primary N) is 7. The van der Waals surface area contributed by atoms with Gasteiger partial charge in [-0.2, -0.15) is 0 Å². The molecule has 5 atom stereocenters. The van der Waals surface area contributed by atoms with Gasteiger partial charge in [-0.1, -0.05) is 147 Å². The molecule has 11 aromatic rings. The Hall–Kier alpha value is -18.8. The zero-order chi connectivity index (χ0) is 105. The average Bonchev–Trinajstić information content (AvgIpc) is 0.806. The molecule has 0 aliphatic carbocycles. The molecule has 0 saturated heterocycles. The number of nitrogens with zero attached hydrogens (tertiary/aromatic N) is 3. The van der Waals surface area contributed by atoms with Crippen LogP contribution in [-0.2, 0) is 24.0 Å². The molecule has 39 heteroatoms. The van der Waals surface area contributed by atoms with E-state index in [1.165, 1.54) is 6.08 Å². The van der Waals surface area contributed by atoms with Crippen molar-refractivity contribution in [2.75, 3.05) is 110 Å². The number of aldehydes is 5. The first-order valence-electron chi connectivity index (χ1n) is 46.2. The van der Waals surface area contributed by atoms with Crippen LogP contribution in [0.5, 0.6) is 0 Å². The fourth-order valence-corrected chi connectivity index (χ4v) is 15.4. The van der Waals surface area contributed by atoms with Crippen LogP contribution >= 0.6 is 0 Å². The Kier molecular flexibility index (Phi) is 45.4. The topological polar surface area (TPSA) is 641 Å². The molecule has 11 aromatic carbocycles. The SMILES string of the molecule is C=CC1NC(=O)c2ccccc2N1.C=CC=O.NC(=O)c1ccccc1N.NC(=O)c1ccccc1N(CCC1NC(=O)c2ccccc2N1)CCC1NC(=O)c2ccccc2N1.NC(=O)c1ccccc1N(CCC=O)CCC1NC(=O)c2ccccc2N1.NC(=O)c1ccccc1N(CCC=O)CCC=O.NC(=O)c1ccccc1NCCC1NC(=O)c2ccccc2N1.NC(=O)c1ccccc1NCCC=O.O. The number of hydrogen-bond acceptors (Lipinski definition) is 27. The Labute approximate surface area is 843 Å². The van der Waals surface area contributed by atoms with Crippen molar-refractivity contribution in [2.45, 2.75) is 82.2 Å². The van der Waals surface area contributed by atoms with Crippen molar-refractivity contribution in [1.82, 2.24) is 26.6 Å².